The van der Waals surface area contributed by atoms with Crippen LogP contribution in [0.3, 0.4) is 0 Å². The maximum atomic E-state index is 12.0. The minimum atomic E-state index is -0.114. The SMILES string of the molecule is CCCCCCCOCCOCCOCCOCCOCCOCCOCCOCCOC(=O)C(CC)CCCC. The molecule has 0 heterocycles. The van der Waals surface area contributed by atoms with Gasteiger partial charge in [0.15, 0.2) is 0 Å². The number of carbonyl (C=O) groups is 1. The highest BCUT2D eigenvalue weighted by atomic mass is 16.6. The van der Waals surface area contributed by atoms with Crippen molar-refractivity contribution < 1.29 is 47.4 Å². The van der Waals surface area contributed by atoms with E-state index in [0.717, 1.165) is 38.7 Å². The zero-order valence-corrected chi connectivity index (χ0v) is 26.5. The molecule has 0 aromatic heterocycles. The van der Waals surface area contributed by atoms with Gasteiger partial charge in [-0.15, -0.1) is 0 Å². The minimum absolute atomic E-state index is 0.00377. The average molecular weight is 595 g/mol. The third-order valence-electron chi connectivity index (χ3n) is 6.20. The van der Waals surface area contributed by atoms with Crippen LogP contribution in [-0.2, 0) is 47.4 Å². The van der Waals surface area contributed by atoms with E-state index in [0.29, 0.717) is 99.1 Å². The van der Waals surface area contributed by atoms with Crippen molar-refractivity contribution in [3.05, 3.63) is 0 Å². The van der Waals surface area contributed by atoms with Gasteiger partial charge in [0.2, 0.25) is 0 Å². The molecule has 0 aromatic carbocycles. The van der Waals surface area contributed by atoms with Crippen LogP contribution in [0.4, 0.5) is 0 Å². The van der Waals surface area contributed by atoms with Crippen molar-refractivity contribution in [3.63, 3.8) is 0 Å². The summed E-state index contributed by atoms with van der Waals surface area (Å²) >= 11 is 0. The molecule has 0 saturated heterocycles. The first kappa shape index (κ1) is 40.1. The van der Waals surface area contributed by atoms with Crippen molar-refractivity contribution in [2.45, 2.75) is 78.6 Å². The molecule has 0 fully saturated rings. The highest BCUT2D eigenvalue weighted by molar-refractivity contribution is 5.72. The molecule has 41 heavy (non-hydrogen) atoms. The van der Waals surface area contributed by atoms with E-state index >= 15 is 0 Å². The third kappa shape index (κ3) is 31.9. The Morgan fingerprint density at radius 2 is 0.756 bits per heavy atom. The van der Waals surface area contributed by atoms with Gasteiger partial charge < -0.3 is 42.6 Å². The number of rotatable bonds is 35. The van der Waals surface area contributed by atoms with Crippen LogP contribution in [0.2, 0.25) is 0 Å². The zero-order chi connectivity index (χ0) is 29.9. The minimum Gasteiger partial charge on any atom is -0.463 e. The van der Waals surface area contributed by atoms with Gasteiger partial charge in [-0.05, 0) is 19.3 Å². The van der Waals surface area contributed by atoms with Gasteiger partial charge in [-0.1, -0.05) is 59.3 Å². The van der Waals surface area contributed by atoms with E-state index in [9.17, 15) is 4.79 Å². The lowest BCUT2D eigenvalue weighted by atomic mass is 10.00. The molecule has 0 spiro atoms. The molecule has 0 radical (unpaired) electrons. The molecule has 0 aromatic rings. The molecular formula is C31H62O10. The molecule has 1 unspecified atom stereocenters. The average Bonchev–Trinajstić information content (AvgIpc) is 2.98. The highest BCUT2D eigenvalue weighted by Crippen LogP contribution is 2.14. The fraction of sp³-hybridized carbons (Fsp3) is 0.968. The summed E-state index contributed by atoms with van der Waals surface area (Å²) in [5, 5.41) is 0. The Hall–Kier alpha value is -0.850. The molecule has 0 N–H and O–H groups in total. The maximum absolute atomic E-state index is 12.0. The van der Waals surface area contributed by atoms with Crippen LogP contribution in [0.15, 0.2) is 0 Å². The Kier molecular flexibility index (Phi) is 34.6. The largest absolute Gasteiger partial charge is 0.463 e. The quantitative estimate of drug-likeness (QED) is 0.0748. The van der Waals surface area contributed by atoms with Crippen molar-refractivity contribution in [2.24, 2.45) is 5.92 Å². The number of hydrogen-bond donors (Lipinski definition) is 0. The summed E-state index contributed by atoms with van der Waals surface area (Å²) in [6.45, 7) is 15.3. The van der Waals surface area contributed by atoms with Crippen LogP contribution in [0.25, 0.3) is 0 Å². The van der Waals surface area contributed by atoms with E-state index in [2.05, 4.69) is 13.8 Å². The van der Waals surface area contributed by atoms with Gasteiger partial charge in [-0.25, -0.2) is 0 Å². The monoisotopic (exact) mass is 594 g/mol. The molecule has 0 bridgehead atoms. The Bertz CT molecular complexity index is 509. The topological polar surface area (TPSA) is 100 Å². The Morgan fingerprint density at radius 3 is 1.12 bits per heavy atom. The predicted molar refractivity (Wildman–Crippen MR) is 160 cm³/mol. The zero-order valence-electron chi connectivity index (χ0n) is 26.5. The summed E-state index contributed by atoms with van der Waals surface area (Å²) in [6, 6.07) is 0. The van der Waals surface area contributed by atoms with E-state index in [4.69, 9.17) is 42.6 Å². The Morgan fingerprint density at radius 1 is 0.415 bits per heavy atom. The van der Waals surface area contributed by atoms with Gasteiger partial charge in [-0.3, -0.25) is 4.79 Å². The van der Waals surface area contributed by atoms with Crippen LogP contribution in [0.1, 0.15) is 78.6 Å². The molecule has 10 heteroatoms. The molecule has 246 valence electrons. The number of ether oxygens (including phenoxy) is 9. The molecule has 1 atom stereocenters. The van der Waals surface area contributed by atoms with Crippen LogP contribution in [0.5, 0.6) is 0 Å². The molecule has 10 nitrogen and oxygen atoms in total. The summed E-state index contributed by atoms with van der Waals surface area (Å²) in [6.07, 6.45) is 10.1. The second-order valence-electron chi connectivity index (χ2n) is 9.73. The number of hydrogen-bond acceptors (Lipinski definition) is 10. The summed E-state index contributed by atoms with van der Waals surface area (Å²) < 4.78 is 49.2. The van der Waals surface area contributed by atoms with Crippen LogP contribution >= 0.6 is 0 Å². The number of unbranched alkanes of at least 4 members (excludes halogenated alkanes) is 5. The molecule has 0 aliphatic heterocycles. The lowest BCUT2D eigenvalue weighted by molar-refractivity contribution is -0.150. The van der Waals surface area contributed by atoms with Crippen molar-refractivity contribution >= 4 is 5.97 Å². The Labute approximate surface area is 250 Å². The highest BCUT2D eigenvalue weighted by Gasteiger charge is 2.16. The van der Waals surface area contributed by atoms with Crippen molar-refractivity contribution in [1.29, 1.82) is 0 Å². The van der Waals surface area contributed by atoms with Gasteiger partial charge in [-0.2, -0.15) is 0 Å². The predicted octanol–water partition coefficient (Wildman–Crippen LogP) is 4.85. The first-order valence-corrected chi connectivity index (χ1v) is 16.0. The molecule has 0 amide bonds. The lowest BCUT2D eigenvalue weighted by Crippen LogP contribution is -2.20. The van der Waals surface area contributed by atoms with Crippen LogP contribution in [-0.4, -0.2) is 118 Å². The van der Waals surface area contributed by atoms with Crippen LogP contribution in [0, 0.1) is 5.92 Å². The fourth-order valence-electron chi connectivity index (χ4n) is 3.71. The van der Waals surface area contributed by atoms with E-state index in [1.165, 1.54) is 25.7 Å². The fourth-order valence-corrected chi connectivity index (χ4v) is 3.71. The number of esters is 1. The van der Waals surface area contributed by atoms with Gasteiger partial charge in [0.25, 0.3) is 0 Å². The van der Waals surface area contributed by atoms with E-state index in [1.54, 1.807) is 0 Å². The van der Waals surface area contributed by atoms with E-state index in [-0.39, 0.29) is 18.5 Å². The molecule has 0 aliphatic rings. The summed E-state index contributed by atoms with van der Waals surface area (Å²) in [4.78, 5) is 12.0. The summed E-state index contributed by atoms with van der Waals surface area (Å²) in [5.41, 5.74) is 0. The standard InChI is InChI=1S/C31H62O10/c1-4-7-9-10-11-13-33-14-15-34-16-17-35-18-19-36-20-21-37-22-23-38-24-25-39-26-27-40-28-29-41-31(32)30(6-3)12-8-5-2/h30H,4-29H2,1-3H3. The summed E-state index contributed by atoms with van der Waals surface area (Å²) in [5.74, 6) is -0.110. The number of carbonyl (C=O) groups excluding carboxylic acids is 1. The molecular weight excluding hydrogens is 532 g/mol. The first-order valence-electron chi connectivity index (χ1n) is 16.0. The normalized spacial score (nSPS) is 12.2. The maximum Gasteiger partial charge on any atom is 0.308 e. The molecule has 0 saturated carbocycles. The van der Waals surface area contributed by atoms with Gasteiger partial charge >= 0.3 is 5.97 Å². The second kappa shape index (κ2) is 35.3. The second-order valence-corrected chi connectivity index (χ2v) is 9.73. The van der Waals surface area contributed by atoms with Crippen molar-refractivity contribution in [1.82, 2.24) is 0 Å². The van der Waals surface area contributed by atoms with Gasteiger partial charge in [0, 0.05) is 6.61 Å². The smallest absolute Gasteiger partial charge is 0.308 e. The third-order valence-corrected chi connectivity index (χ3v) is 6.20. The van der Waals surface area contributed by atoms with Gasteiger partial charge in [0.1, 0.15) is 6.61 Å². The molecule has 0 rings (SSSR count). The molecule has 0 aliphatic carbocycles. The first-order chi connectivity index (χ1) is 20.3. The van der Waals surface area contributed by atoms with Crippen molar-refractivity contribution in [2.75, 3.05) is 112 Å². The van der Waals surface area contributed by atoms with E-state index < -0.39 is 0 Å². The summed E-state index contributed by atoms with van der Waals surface area (Å²) in [7, 11) is 0. The Balaban J connectivity index is 3.15. The lowest BCUT2D eigenvalue weighted by Gasteiger charge is -2.13. The van der Waals surface area contributed by atoms with Crippen molar-refractivity contribution in [3.8, 4) is 0 Å². The van der Waals surface area contributed by atoms with Gasteiger partial charge in [0.05, 0.1) is 105 Å². The van der Waals surface area contributed by atoms with E-state index in [1.807, 2.05) is 6.92 Å². The van der Waals surface area contributed by atoms with Crippen LogP contribution < -0.4 is 0 Å².